The zero-order valence-electron chi connectivity index (χ0n) is 16.3. The summed E-state index contributed by atoms with van der Waals surface area (Å²) in [6.45, 7) is 0.0605. The molecule has 13 heteroatoms. The summed E-state index contributed by atoms with van der Waals surface area (Å²) in [5.41, 5.74) is 0.674. The van der Waals surface area contributed by atoms with Crippen LogP contribution in [0.3, 0.4) is 0 Å². The number of alkyl halides is 3. The Morgan fingerprint density at radius 1 is 1.26 bits per heavy atom. The Hall–Kier alpha value is -2.96. The van der Waals surface area contributed by atoms with Gasteiger partial charge >= 0.3 is 12.3 Å². The van der Waals surface area contributed by atoms with Gasteiger partial charge in [-0.3, -0.25) is 4.79 Å². The average molecular weight is 457 g/mol. The van der Waals surface area contributed by atoms with Gasteiger partial charge in [0.05, 0.1) is 11.3 Å². The molecular formula is C18H18F3N5O4S. The van der Waals surface area contributed by atoms with Crippen molar-refractivity contribution in [2.24, 2.45) is 0 Å². The fourth-order valence-corrected chi connectivity index (χ4v) is 3.47. The Kier molecular flexibility index (Phi) is 6.93. The lowest BCUT2D eigenvalue weighted by Gasteiger charge is -2.30. The fraction of sp³-hybridized carbons (Fsp3) is 0.444. The molecule has 0 aliphatic carbocycles. The van der Waals surface area contributed by atoms with Crippen LogP contribution in [-0.4, -0.2) is 67.8 Å². The van der Waals surface area contributed by atoms with Gasteiger partial charge in [0, 0.05) is 37.5 Å². The number of halogens is 3. The molecule has 2 aromatic heterocycles. The molecule has 0 atom stereocenters. The summed E-state index contributed by atoms with van der Waals surface area (Å²) in [5, 5.41) is 9.57. The predicted octanol–water partition coefficient (Wildman–Crippen LogP) is 3.13. The highest BCUT2D eigenvalue weighted by molar-refractivity contribution is 7.98. The molecule has 0 spiro atoms. The number of amides is 1. The lowest BCUT2D eigenvalue weighted by atomic mass is 9.90. The first-order valence-corrected chi connectivity index (χ1v) is 10.4. The number of Topliss-reactive ketones (excluding diaryl/α,β-unsaturated/α-hetero) is 1. The second-order valence-electron chi connectivity index (χ2n) is 6.63. The summed E-state index contributed by atoms with van der Waals surface area (Å²) < 4.78 is 43.4. The van der Waals surface area contributed by atoms with Crippen LogP contribution in [0, 0.1) is 0 Å². The number of likely N-dealkylation sites (tertiary alicyclic amines) is 1. The molecule has 0 bridgehead atoms. The summed E-state index contributed by atoms with van der Waals surface area (Å²) in [6.07, 6.45) is -0.720. The number of hydrogen-bond acceptors (Lipinski definition) is 8. The van der Waals surface area contributed by atoms with Crippen LogP contribution in [0.4, 0.5) is 18.0 Å². The molecule has 1 N–H and O–H groups in total. The minimum atomic E-state index is -4.73. The Balaban J connectivity index is 1.76. The highest BCUT2D eigenvalue weighted by Crippen LogP contribution is 2.30. The molecule has 1 aliphatic rings. The van der Waals surface area contributed by atoms with Crippen molar-refractivity contribution in [1.29, 1.82) is 0 Å². The van der Waals surface area contributed by atoms with Crippen molar-refractivity contribution < 1.29 is 32.6 Å². The molecule has 0 saturated carbocycles. The average Bonchev–Trinajstić information content (AvgIpc) is 2.76. The van der Waals surface area contributed by atoms with Crippen LogP contribution in [0.15, 0.2) is 23.6 Å². The molecule has 1 aliphatic heterocycles. The molecule has 1 saturated heterocycles. The van der Waals surface area contributed by atoms with Crippen molar-refractivity contribution in [3.8, 4) is 5.88 Å². The maximum absolute atomic E-state index is 12.8. The van der Waals surface area contributed by atoms with Crippen LogP contribution in [0.2, 0.25) is 0 Å². The van der Waals surface area contributed by atoms with E-state index in [1.54, 1.807) is 6.26 Å². The molecule has 31 heavy (non-hydrogen) atoms. The lowest BCUT2D eigenvalue weighted by Crippen LogP contribution is -2.37. The van der Waals surface area contributed by atoms with Gasteiger partial charge in [0.15, 0.2) is 11.8 Å². The third-order valence-corrected chi connectivity index (χ3v) is 5.23. The predicted molar refractivity (Wildman–Crippen MR) is 102 cm³/mol. The Morgan fingerprint density at radius 2 is 1.97 bits per heavy atom. The summed E-state index contributed by atoms with van der Waals surface area (Å²) in [5.74, 6) is -2.42. The van der Waals surface area contributed by atoms with Crippen molar-refractivity contribution in [1.82, 2.24) is 24.8 Å². The summed E-state index contributed by atoms with van der Waals surface area (Å²) >= 11 is 1.29. The van der Waals surface area contributed by atoms with E-state index in [0.29, 0.717) is 36.8 Å². The Morgan fingerprint density at radius 3 is 2.58 bits per heavy atom. The first-order chi connectivity index (χ1) is 14.7. The standard InChI is InChI=1S/C18H18F3N5O4S/c1-31-16-23-8-11(14(25-16)10-3-6-26(7-4-10)17(28)29)12(27)9-30-13-2-5-22-15(24-13)18(19,20)21/h2,5,8,10H,3-4,6-7,9H2,1H3,(H,28,29). The maximum atomic E-state index is 12.8. The highest BCUT2D eigenvalue weighted by atomic mass is 32.2. The van der Waals surface area contributed by atoms with Crippen molar-refractivity contribution in [3.63, 3.8) is 0 Å². The minimum Gasteiger partial charge on any atom is -0.469 e. The van der Waals surface area contributed by atoms with E-state index in [-0.39, 0.29) is 17.4 Å². The van der Waals surface area contributed by atoms with Gasteiger partial charge in [-0.25, -0.2) is 19.7 Å². The number of aromatic nitrogens is 4. The smallest absolute Gasteiger partial charge is 0.451 e. The van der Waals surface area contributed by atoms with E-state index >= 15 is 0 Å². The van der Waals surface area contributed by atoms with E-state index in [1.165, 1.54) is 22.9 Å². The number of piperidine rings is 1. The van der Waals surface area contributed by atoms with Crippen LogP contribution < -0.4 is 4.74 Å². The third-order valence-electron chi connectivity index (χ3n) is 4.67. The van der Waals surface area contributed by atoms with Crippen molar-refractivity contribution in [2.45, 2.75) is 30.1 Å². The van der Waals surface area contributed by atoms with Crippen molar-refractivity contribution in [3.05, 3.63) is 35.5 Å². The van der Waals surface area contributed by atoms with Crippen LogP contribution in [-0.2, 0) is 6.18 Å². The van der Waals surface area contributed by atoms with Crippen molar-refractivity contribution >= 4 is 23.6 Å². The molecule has 2 aromatic rings. The zero-order valence-corrected chi connectivity index (χ0v) is 17.1. The molecule has 1 amide bonds. The molecule has 3 rings (SSSR count). The largest absolute Gasteiger partial charge is 0.469 e. The van der Waals surface area contributed by atoms with Gasteiger partial charge in [-0.2, -0.15) is 18.2 Å². The number of carboxylic acid groups (broad SMARTS) is 1. The number of rotatable bonds is 6. The van der Waals surface area contributed by atoms with Crippen LogP contribution in [0.25, 0.3) is 0 Å². The van der Waals surface area contributed by atoms with Crippen molar-refractivity contribution in [2.75, 3.05) is 26.0 Å². The van der Waals surface area contributed by atoms with Gasteiger partial charge < -0.3 is 14.7 Å². The van der Waals surface area contributed by atoms with E-state index in [1.807, 2.05) is 0 Å². The number of thioether (sulfide) groups is 1. The van der Waals surface area contributed by atoms with Gasteiger partial charge in [0.25, 0.3) is 0 Å². The van der Waals surface area contributed by atoms with Crippen LogP contribution >= 0.6 is 11.8 Å². The summed E-state index contributed by atoms with van der Waals surface area (Å²) in [6, 6.07) is 1.12. The van der Waals surface area contributed by atoms with E-state index in [4.69, 9.17) is 9.84 Å². The summed E-state index contributed by atoms with van der Waals surface area (Å²) in [4.78, 5) is 40.1. The van der Waals surface area contributed by atoms with Gasteiger partial charge in [-0.1, -0.05) is 11.8 Å². The number of hydrogen-bond donors (Lipinski definition) is 1. The number of carbonyl (C=O) groups excluding carboxylic acids is 1. The van der Waals surface area contributed by atoms with E-state index in [9.17, 15) is 22.8 Å². The third kappa shape index (κ3) is 5.60. The van der Waals surface area contributed by atoms with Gasteiger partial charge in [-0.15, -0.1) is 0 Å². The number of ether oxygens (including phenoxy) is 1. The minimum absolute atomic E-state index is 0.153. The quantitative estimate of drug-likeness (QED) is 0.396. The number of nitrogens with zero attached hydrogens (tertiary/aromatic N) is 5. The first-order valence-electron chi connectivity index (χ1n) is 9.14. The maximum Gasteiger partial charge on any atom is 0.451 e. The second-order valence-corrected chi connectivity index (χ2v) is 7.40. The fourth-order valence-electron chi connectivity index (χ4n) is 3.12. The van der Waals surface area contributed by atoms with E-state index in [0.717, 1.165) is 12.3 Å². The van der Waals surface area contributed by atoms with E-state index in [2.05, 4.69) is 19.9 Å². The molecule has 3 heterocycles. The van der Waals surface area contributed by atoms with E-state index < -0.39 is 30.5 Å². The van der Waals surface area contributed by atoms with Gasteiger partial charge in [0.2, 0.25) is 17.5 Å². The molecule has 166 valence electrons. The molecule has 9 nitrogen and oxygen atoms in total. The SMILES string of the molecule is CSc1ncc(C(=O)COc2ccnc(C(F)(F)F)n2)c(C2CCN(C(=O)O)CC2)n1. The molecule has 0 radical (unpaired) electrons. The monoisotopic (exact) mass is 457 g/mol. The highest BCUT2D eigenvalue weighted by Gasteiger charge is 2.35. The Labute approximate surface area is 179 Å². The number of carbonyl (C=O) groups is 2. The topological polar surface area (TPSA) is 118 Å². The van der Waals surface area contributed by atoms with Gasteiger partial charge in [0.1, 0.15) is 0 Å². The van der Waals surface area contributed by atoms with Crippen LogP contribution in [0.1, 0.15) is 40.6 Å². The number of ketones is 1. The normalized spacial score (nSPS) is 15.0. The zero-order chi connectivity index (χ0) is 22.6. The molecule has 0 unspecified atom stereocenters. The molecule has 1 fully saturated rings. The van der Waals surface area contributed by atoms with Crippen LogP contribution in [0.5, 0.6) is 5.88 Å². The molecular weight excluding hydrogens is 439 g/mol. The first kappa shape index (κ1) is 22.7. The summed E-state index contributed by atoms with van der Waals surface area (Å²) in [7, 11) is 0. The second kappa shape index (κ2) is 9.45. The Bertz CT molecular complexity index is 967. The molecule has 0 aromatic carbocycles. The van der Waals surface area contributed by atoms with Gasteiger partial charge in [-0.05, 0) is 19.1 Å². The lowest BCUT2D eigenvalue weighted by molar-refractivity contribution is -0.145.